The van der Waals surface area contributed by atoms with Gasteiger partial charge in [-0.2, -0.15) is 0 Å². The molecule has 0 aliphatic carbocycles. The first-order valence-corrected chi connectivity index (χ1v) is 9.11. The standard InChI is InChI=1S/C20H20O10/c1-6-2-7-10(3-8(6)22)29-11-4-9(23)13(17(26)14(11)15(7)24)20-19(28)18(27)16(25)12(5-21)30-20/h2-4,12,16,18-23,25-28H,5H2,1H3. The predicted molar refractivity (Wildman–Crippen MR) is 102 cm³/mol. The first-order valence-electron chi connectivity index (χ1n) is 9.11. The van der Waals surface area contributed by atoms with Crippen molar-refractivity contribution in [1.82, 2.24) is 0 Å². The number of rotatable bonds is 2. The van der Waals surface area contributed by atoms with Crippen LogP contribution in [0.3, 0.4) is 0 Å². The molecule has 0 spiro atoms. The Hall–Kier alpha value is -2.89. The van der Waals surface area contributed by atoms with Gasteiger partial charge in [0.2, 0.25) is 5.43 Å². The highest BCUT2D eigenvalue weighted by Crippen LogP contribution is 2.44. The van der Waals surface area contributed by atoms with Crippen LogP contribution in [0.2, 0.25) is 0 Å². The number of aryl methyl sites for hydroxylation is 1. The van der Waals surface area contributed by atoms with Crippen LogP contribution in [-0.4, -0.2) is 66.8 Å². The topological polar surface area (TPSA) is 181 Å². The molecule has 30 heavy (non-hydrogen) atoms. The van der Waals surface area contributed by atoms with Gasteiger partial charge in [-0.25, -0.2) is 0 Å². The maximum Gasteiger partial charge on any atom is 0.204 e. The minimum atomic E-state index is -1.77. The molecule has 10 nitrogen and oxygen atoms in total. The van der Waals surface area contributed by atoms with E-state index in [-0.39, 0.29) is 27.7 Å². The highest BCUT2D eigenvalue weighted by atomic mass is 16.5. The summed E-state index contributed by atoms with van der Waals surface area (Å²) >= 11 is 0. The summed E-state index contributed by atoms with van der Waals surface area (Å²) in [6.07, 6.45) is -7.98. The van der Waals surface area contributed by atoms with E-state index in [1.807, 2.05) is 0 Å². The van der Waals surface area contributed by atoms with Crippen molar-refractivity contribution in [3.63, 3.8) is 0 Å². The third-order valence-electron chi connectivity index (χ3n) is 5.45. The van der Waals surface area contributed by atoms with Crippen molar-refractivity contribution in [2.24, 2.45) is 0 Å². The van der Waals surface area contributed by atoms with E-state index in [1.54, 1.807) is 6.92 Å². The van der Waals surface area contributed by atoms with Crippen molar-refractivity contribution >= 4 is 21.9 Å². The Morgan fingerprint density at radius 1 is 0.933 bits per heavy atom. The van der Waals surface area contributed by atoms with Gasteiger partial charge in [0.15, 0.2) is 0 Å². The van der Waals surface area contributed by atoms with Gasteiger partial charge >= 0.3 is 0 Å². The highest BCUT2D eigenvalue weighted by Gasteiger charge is 2.46. The maximum atomic E-state index is 13.0. The number of aliphatic hydroxyl groups is 4. The summed E-state index contributed by atoms with van der Waals surface area (Å²) in [6.45, 7) is 0.876. The number of fused-ring (bicyclic) bond motifs is 2. The predicted octanol–water partition coefficient (Wildman–Crippen LogP) is -0.114. The van der Waals surface area contributed by atoms with Crippen LogP contribution in [-0.2, 0) is 4.74 Å². The Balaban J connectivity index is 1.98. The molecule has 1 aliphatic rings. The fraction of sp³-hybridized carbons (Fsp3) is 0.350. The van der Waals surface area contributed by atoms with E-state index in [0.717, 1.165) is 6.07 Å². The molecule has 1 aliphatic heterocycles. The summed E-state index contributed by atoms with van der Waals surface area (Å²) in [5.74, 6) is -1.45. The lowest BCUT2D eigenvalue weighted by Crippen LogP contribution is -2.55. The van der Waals surface area contributed by atoms with Crippen LogP contribution in [0.15, 0.2) is 27.4 Å². The Morgan fingerprint density at radius 3 is 2.27 bits per heavy atom. The summed E-state index contributed by atoms with van der Waals surface area (Å²) in [5, 5.41) is 70.5. The number of hydrogen-bond donors (Lipinski definition) is 7. The second-order valence-corrected chi connectivity index (χ2v) is 7.35. The Kier molecular flexibility index (Phi) is 4.83. The summed E-state index contributed by atoms with van der Waals surface area (Å²) in [6, 6.07) is 3.66. The molecule has 0 amide bonds. The van der Waals surface area contributed by atoms with Crippen molar-refractivity contribution in [2.45, 2.75) is 37.4 Å². The molecule has 2 heterocycles. The van der Waals surface area contributed by atoms with E-state index in [0.29, 0.717) is 5.56 Å². The van der Waals surface area contributed by atoms with E-state index >= 15 is 0 Å². The number of ether oxygens (including phenoxy) is 1. The lowest BCUT2D eigenvalue weighted by Gasteiger charge is -2.40. The minimum Gasteiger partial charge on any atom is -0.508 e. The number of hydrogen-bond acceptors (Lipinski definition) is 10. The molecular formula is C20H20O10. The number of aliphatic hydroxyl groups excluding tert-OH is 4. The van der Waals surface area contributed by atoms with Gasteiger partial charge in [0.1, 0.15) is 64.3 Å². The first kappa shape index (κ1) is 20.4. The number of aromatic hydroxyl groups is 3. The molecule has 3 aromatic rings. The summed E-state index contributed by atoms with van der Waals surface area (Å²) < 4.78 is 11.0. The fourth-order valence-electron chi connectivity index (χ4n) is 3.76. The van der Waals surface area contributed by atoms with Gasteiger partial charge in [0, 0.05) is 12.1 Å². The molecule has 4 rings (SSSR count). The average molecular weight is 420 g/mol. The van der Waals surface area contributed by atoms with Gasteiger partial charge in [0.05, 0.1) is 17.6 Å². The zero-order chi connectivity index (χ0) is 21.9. The van der Waals surface area contributed by atoms with Crippen LogP contribution in [0, 0.1) is 6.92 Å². The summed E-state index contributed by atoms with van der Waals surface area (Å²) in [7, 11) is 0. The fourth-order valence-corrected chi connectivity index (χ4v) is 3.76. The van der Waals surface area contributed by atoms with Gasteiger partial charge < -0.3 is 44.9 Å². The quantitative estimate of drug-likeness (QED) is 0.276. The smallest absolute Gasteiger partial charge is 0.204 e. The number of phenols is 3. The first-order chi connectivity index (χ1) is 14.1. The molecule has 5 unspecified atom stereocenters. The second kappa shape index (κ2) is 7.11. The molecule has 0 saturated carbocycles. The number of phenolic OH excluding ortho intramolecular Hbond substituents is 3. The molecular weight excluding hydrogens is 400 g/mol. The van der Waals surface area contributed by atoms with Crippen molar-refractivity contribution in [3.05, 3.63) is 39.5 Å². The third-order valence-corrected chi connectivity index (χ3v) is 5.45. The van der Waals surface area contributed by atoms with E-state index in [2.05, 4.69) is 0 Å². The normalized spacial score (nSPS) is 27.0. The van der Waals surface area contributed by atoms with Crippen LogP contribution < -0.4 is 5.43 Å². The van der Waals surface area contributed by atoms with Crippen LogP contribution in [0.5, 0.6) is 17.2 Å². The van der Waals surface area contributed by atoms with Crippen LogP contribution in [0.4, 0.5) is 0 Å². The molecule has 1 aromatic heterocycles. The molecule has 5 atom stereocenters. The lowest BCUT2D eigenvalue weighted by atomic mass is 9.89. The lowest BCUT2D eigenvalue weighted by molar-refractivity contribution is -0.232. The molecule has 1 saturated heterocycles. The molecule has 7 N–H and O–H groups in total. The molecule has 160 valence electrons. The number of benzene rings is 2. The molecule has 10 heteroatoms. The van der Waals surface area contributed by atoms with Gasteiger partial charge in [-0.05, 0) is 18.6 Å². The van der Waals surface area contributed by atoms with Gasteiger partial charge in [-0.1, -0.05) is 0 Å². The zero-order valence-corrected chi connectivity index (χ0v) is 15.7. The minimum absolute atomic E-state index is 0.0370. The second-order valence-electron chi connectivity index (χ2n) is 7.35. The van der Waals surface area contributed by atoms with Gasteiger partial charge in [-0.15, -0.1) is 0 Å². The van der Waals surface area contributed by atoms with E-state index < -0.39 is 59.6 Å². The van der Waals surface area contributed by atoms with Crippen molar-refractivity contribution in [3.8, 4) is 17.2 Å². The largest absolute Gasteiger partial charge is 0.508 e. The van der Waals surface area contributed by atoms with Crippen LogP contribution in [0.1, 0.15) is 17.2 Å². The van der Waals surface area contributed by atoms with Gasteiger partial charge in [-0.3, -0.25) is 4.79 Å². The summed E-state index contributed by atoms with van der Waals surface area (Å²) in [5.41, 5.74) is -0.796. The van der Waals surface area contributed by atoms with E-state index in [9.17, 15) is 40.5 Å². The summed E-state index contributed by atoms with van der Waals surface area (Å²) in [4.78, 5) is 13.0. The van der Waals surface area contributed by atoms with Crippen LogP contribution >= 0.6 is 0 Å². The zero-order valence-electron chi connectivity index (χ0n) is 15.7. The molecule has 0 radical (unpaired) electrons. The molecule has 2 aromatic carbocycles. The van der Waals surface area contributed by atoms with Crippen molar-refractivity contribution in [2.75, 3.05) is 6.61 Å². The van der Waals surface area contributed by atoms with Crippen molar-refractivity contribution in [1.29, 1.82) is 0 Å². The maximum absolute atomic E-state index is 13.0. The third kappa shape index (κ3) is 2.89. The van der Waals surface area contributed by atoms with E-state index in [1.165, 1.54) is 12.1 Å². The van der Waals surface area contributed by atoms with E-state index in [4.69, 9.17) is 9.15 Å². The SMILES string of the molecule is Cc1cc2c(=O)c3c(O)c(C4OC(CO)C(O)C(O)C4O)c(O)cc3oc2cc1O. The Bertz CT molecular complexity index is 1200. The monoisotopic (exact) mass is 420 g/mol. The Labute approximate surface area is 168 Å². The molecule has 0 bridgehead atoms. The highest BCUT2D eigenvalue weighted by molar-refractivity contribution is 5.95. The molecule has 1 fully saturated rings. The van der Waals surface area contributed by atoms with Gasteiger partial charge in [0.25, 0.3) is 0 Å². The average Bonchev–Trinajstić information content (AvgIpc) is 2.69. The van der Waals surface area contributed by atoms with Crippen molar-refractivity contribution < 1.29 is 44.9 Å². The van der Waals surface area contributed by atoms with Crippen LogP contribution in [0.25, 0.3) is 21.9 Å². The Morgan fingerprint density at radius 2 is 1.60 bits per heavy atom.